The quantitative estimate of drug-likeness (QED) is 0.467. The van der Waals surface area contributed by atoms with Gasteiger partial charge in [-0.3, -0.25) is 24.6 Å². The van der Waals surface area contributed by atoms with Gasteiger partial charge in [-0.1, -0.05) is 11.3 Å². The number of non-ortho nitro benzene ring substituents is 1. The lowest BCUT2D eigenvalue weighted by Gasteiger charge is -2.39. The smallest absolute Gasteiger partial charge is 0.269 e. The van der Waals surface area contributed by atoms with E-state index in [0.29, 0.717) is 50.8 Å². The minimum atomic E-state index is -0.400. The first kappa shape index (κ1) is 22.5. The largest absolute Gasteiger partial charge is 0.368 e. The van der Waals surface area contributed by atoms with Crippen LogP contribution in [0.25, 0.3) is 0 Å². The van der Waals surface area contributed by atoms with Crippen LogP contribution in [0.15, 0.2) is 24.3 Å². The lowest BCUT2D eigenvalue weighted by atomic mass is 9.96. The molecule has 0 N–H and O–H groups in total. The molecule has 0 aliphatic carbocycles. The van der Waals surface area contributed by atoms with Crippen LogP contribution in [0, 0.1) is 16.0 Å². The van der Waals surface area contributed by atoms with Gasteiger partial charge < -0.3 is 14.7 Å². The third-order valence-electron chi connectivity index (χ3n) is 6.77. The predicted octanol–water partition coefficient (Wildman–Crippen LogP) is 2.14. The van der Waals surface area contributed by atoms with Gasteiger partial charge in [-0.25, -0.2) is 0 Å². The van der Waals surface area contributed by atoms with Crippen LogP contribution >= 0.6 is 11.3 Å². The molecule has 34 heavy (non-hydrogen) atoms. The molecule has 3 aliphatic rings. The third-order valence-corrected chi connectivity index (χ3v) is 7.77. The fraction of sp³-hybridized carbons (Fsp3) is 0.545. The van der Waals surface area contributed by atoms with Crippen LogP contribution in [0.5, 0.6) is 0 Å². The molecule has 0 radical (unpaired) electrons. The van der Waals surface area contributed by atoms with E-state index in [0.717, 1.165) is 36.6 Å². The number of rotatable bonds is 5. The zero-order chi connectivity index (χ0) is 23.7. The van der Waals surface area contributed by atoms with E-state index in [1.807, 2.05) is 4.90 Å². The van der Waals surface area contributed by atoms with E-state index in [4.69, 9.17) is 0 Å². The Morgan fingerprint density at radius 1 is 0.971 bits per heavy atom. The summed E-state index contributed by atoms with van der Waals surface area (Å²) in [5, 5.41) is 20.8. The van der Waals surface area contributed by atoms with E-state index in [1.165, 1.54) is 23.5 Å². The van der Waals surface area contributed by atoms with E-state index < -0.39 is 4.92 Å². The summed E-state index contributed by atoms with van der Waals surface area (Å²) in [7, 11) is 0. The van der Waals surface area contributed by atoms with Gasteiger partial charge in [-0.2, -0.15) is 0 Å². The first-order valence-corrected chi connectivity index (χ1v) is 12.5. The Morgan fingerprint density at radius 2 is 1.71 bits per heavy atom. The highest BCUT2D eigenvalue weighted by atomic mass is 32.1. The van der Waals surface area contributed by atoms with Crippen LogP contribution in [-0.2, 0) is 9.59 Å². The second-order valence-electron chi connectivity index (χ2n) is 8.89. The number of carbonyl (C=O) groups excluding carboxylic acids is 2. The van der Waals surface area contributed by atoms with Gasteiger partial charge >= 0.3 is 0 Å². The summed E-state index contributed by atoms with van der Waals surface area (Å²) in [6, 6.07) is 6.56. The average Bonchev–Trinajstić information content (AvgIpc) is 3.53. The number of hydrogen-bond donors (Lipinski definition) is 0. The second kappa shape index (κ2) is 9.53. The van der Waals surface area contributed by atoms with Crippen LogP contribution in [0.3, 0.4) is 0 Å². The maximum atomic E-state index is 13.3. The van der Waals surface area contributed by atoms with E-state index in [2.05, 4.69) is 20.0 Å². The van der Waals surface area contributed by atoms with Crippen molar-refractivity contribution in [3.63, 3.8) is 0 Å². The van der Waals surface area contributed by atoms with E-state index in [-0.39, 0.29) is 23.4 Å². The molecule has 1 aromatic carbocycles. The summed E-state index contributed by atoms with van der Waals surface area (Å²) in [5.74, 6) is 0.190. The summed E-state index contributed by atoms with van der Waals surface area (Å²) in [5.41, 5.74) is 1.01. The second-order valence-corrected chi connectivity index (χ2v) is 9.82. The fourth-order valence-electron chi connectivity index (χ4n) is 4.88. The van der Waals surface area contributed by atoms with Crippen molar-refractivity contribution in [1.29, 1.82) is 0 Å². The van der Waals surface area contributed by atoms with E-state index >= 15 is 0 Å². The summed E-state index contributed by atoms with van der Waals surface area (Å²) < 4.78 is 0. The van der Waals surface area contributed by atoms with Crippen molar-refractivity contribution in [3.05, 3.63) is 34.4 Å². The molecule has 180 valence electrons. The number of nitro groups is 1. The number of nitrogens with zero attached hydrogens (tertiary/aromatic N) is 7. The van der Waals surface area contributed by atoms with Crippen molar-refractivity contribution in [1.82, 2.24) is 15.1 Å². The van der Waals surface area contributed by atoms with Crippen LogP contribution in [-0.4, -0.2) is 77.6 Å². The molecule has 0 saturated carbocycles. The van der Waals surface area contributed by atoms with Gasteiger partial charge in [-0.15, -0.1) is 10.2 Å². The van der Waals surface area contributed by atoms with Crippen LogP contribution in [0.4, 0.5) is 21.6 Å². The van der Waals surface area contributed by atoms with Gasteiger partial charge in [0.05, 0.1) is 10.8 Å². The number of piperidine rings is 1. The van der Waals surface area contributed by atoms with Gasteiger partial charge in [0, 0.05) is 70.1 Å². The zero-order valence-corrected chi connectivity index (χ0v) is 19.7. The number of amides is 2. The van der Waals surface area contributed by atoms with Crippen molar-refractivity contribution in [2.45, 2.75) is 25.7 Å². The Morgan fingerprint density at radius 3 is 2.38 bits per heavy atom. The highest BCUT2D eigenvalue weighted by Gasteiger charge is 2.33. The summed E-state index contributed by atoms with van der Waals surface area (Å²) in [6.07, 6.45) is 3.18. The van der Waals surface area contributed by atoms with Crippen LogP contribution in [0.1, 0.15) is 25.7 Å². The molecule has 2 aromatic rings. The molecule has 3 fully saturated rings. The lowest BCUT2D eigenvalue weighted by Crippen LogP contribution is -2.52. The molecule has 5 rings (SSSR count). The van der Waals surface area contributed by atoms with Gasteiger partial charge in [0.2, 0.25) is 22.1 Å². The Hall–Kier alpha value is -3.28. The first-order valence-electron chi connectivity index (χ1n) is 11.7. The van der Waals surface area contributed by atoms with Crippen LogP contribution in [0.2, 0.25) is 0 Å². The van der Waals surface area contributed by atoms with Crippen LogP contribution < -0.4 is 14.7 Å². The monoisotopic (exact) mass is 485 g/mol. The molecule has 0 unspecified atom stereocenters. The van der Waals surface area contributed by atoms with Crippen molar-refractivity contribution < 1.29 is 14.5 Å². The van der Waals surface area contributed by atoms with Gasteiger partial charge in [0.1, 0.15) is 0 Å². The fourth-order valence-corrected chi connectivity index (χ4v) is 5.80. The Bertz CT molecular complexity index is 1070. The Labute approximate surface area is 201 Å². The van der Waals surface area contributed by atoms with E-state index in [1.54, 1.807) is 17.0 Å². The number of hydrogen-bond acceptors (Lipinski definition) is 9. The molecule has 11 nitrogen and oxygen atoms in total. The number of aromatic nitrogens is 2. The lowest BCUT2D eigenvalue weighted by molar-refractivity contribution is -0.384. The molecule has 4 heterocycles. The SMILES string of the molecule is O=C([C@@H]1CCCN(c2nnc(N3CCCC3=O)s2)C1)N1CCN(c2ccc([N+](=O)[O-])cc2)CC1. The normalized spacial score (nSPS) is 21.3. The minimum absolute atomic E-state index is 0.0778. The average molecular weight is 486 g/mol. The van der Waals surface area contributed by atoms with Crippen molar-refractivity contribution in [3.8, 4) is 0 Å². The molecule has 1 aromatic heterocycles. The Kier molecular flexibility index (Phi) is 6.31. The molecule has 0 bridgehead atoms. The summed E-state index contributed by atoms with van der Waals surface area (Å²) >= 11 is 1.43. The zero-order valence-electron chi connectivity index (χ0n) is 18.8. The first-order chi connectivity index (χ1) is 16.5. The maximum absolute atomic E-state index is 13.3. The highest BCUT2D eigenvalue weighted by Crippen LogP contribution is 2.32. The van der Waals surface area contributed by atoms with Gasteiger partial charge in [0.15, 0.2) is 0 Å². The van der Waals surface area contributed by atoms with Crippen molar-refractivity contribution in [2.24, 2.45) is 5.92 Å². The topological polar surface area (TPSA) is 116 Å². The Balaban J connectivity index is 1.16. The van der Waals surface area contributed by atoms with Gasteiger partial charge in [0.25, 0.3) is 5.69 Å². The molecular formula is C22H27N7O4S. The van der Waals surface area contributed by atoms with Crippen molar-refractivity contribution >= 4 is 44.8 Å². The molecule has 0 spiro atoms. The molecule has 1 atom stereocenters. The summed E-state index contributed by atoms with van der Waals surface area (Å²) in [4.78, 5) is 43.7. The molecule has 12 heteroatoms. The third kappa shape index (κ3) is 4.54. The maximum Gasteiger partial charge on any atom is 0.269 e. The number of nitro benzene ring substituents is 1. The standard InChI is InChI=1S/C22H27N7O4S/c30-19-4-2-10-28(19)22-24-23-21(34-22)27-9-1-3-16(15-27)20(31)26-13-11-25(12-14-26)17-5-7-18(8-6-17)29(32)33/h5-8,16H,1-4,9-15H2/t16-/m1/s1. The molecule has 2 amide bonds. The number of anilines is 3. The number of piperazine rings is 1. The number of carbonyl (C=O) groups is 2. The van der Waals surface area contributed by atoms with Crippen molar-refractivity contribution in [2.75, 3.05) is 60.5 Å². The van der Waals surface area contributed by atoms with E-state index in [9.17, 15) is 19.7 Å². The predicted molar refractivity (Wildman–Crippen MR) is 128 cm³/mol. The molecular weight excluding hydrogens is 458 g/mol. The van der Waals surface area contributed by atoms with Gasteiger partial charge in [-0.05, 0) is 31.4 Å². The molecule has 3 aliphatic heterocycles. The summed E-state index contributed by atoms with van der Waals surface area (Å²) in [6.45, 7) is 4.80. The minimum Gasteiger partial charge on any atom is -0.368 e. The number of benzene rings is 1. The molecule has 3 saturated heterocycles. The highest BCUT2D eigenvalue weighted by molar-refractivity contribution is 7.19.